The highest BCUT2D eigenvalue weighted by Crippen LogP contribution is 2.52. The summed E-state index contributed by atoms with van der Waals surface area (Å²) in [4.78, 5) is 14.0. The van der Waals surface area contributed by atoms with Gasteiger partial charge in [-0.15, -0.1) is 0 Å². The van der Waals surface area contributed by atoms with Crippen LogP contribution in [-0.4, -0.2) is 0 Å². The molecular weight excluding hydrogens is 476 g/mol. The summed E-state index contributed by atoms with van der Waals surface area (Å²) in [6.07, 6.45) is 3.98. The maximum Gasteiger partial charge on any atom is 0.196 e. The number of aryl methyl sites for hydroxylation is 1. The first-order valence-electron chi connectivity index (χ1n) is 13.2. The molecule has 0 radical (unpaired) electrons. The Morgan fingerprint density at radius 2 is 1.70 bits per heavy atom. The van der Waals surface area contributed by atoms with Crippen LogP contribution in [0.5, 0.6) is 0 Å². The number of benzene rings is 3. The predicted molar refractivity (Wildman–Crippen MR) is 155 cm³/mol. The second-order valence-corrected chi connectivity index (χ2v) is 12.0. The fraction of sp³-hybridized carbons (Fsp3) is 0.324. The number of allylic oxidation sites excluding steroid dienone is 2. The van der Waals surface area contributed by atoms with Gasteiger partial charge in [-0.05, 0) is 59.4 Å². The topological polar surface area (TPSA) is 30.2 Å². The van der Waals surface area contributed by atoms with E-state index in [-0.39, 0.29) is 28.6 Å². The summed E-state index contributed by atoms with van der Waals surface area (Å²) in [7, 11) is 0. The van der Waals surface area contributed by atoms with Crippen LogP contribution in [0.15, 0.2) is 88.1 Å². The highest BCUT2D eigenvalue weighted by molar-refractivity contribution is 6.31. The molecule has 0 N–H and O–H groups in total. The lowest BCUT2D eigenvalue weighted by Crippen LogP contribution is -2.24. The van der Waals surface area contributed by atoms with Gasteiger partial charge in [0.15, 0.2) is 5.43 Å². The average molecular weight is 511 g/mol. The van der Waals surface area contributed by atoms with Gasteiger partial charge in [0.2, 0.25) is 0 Å². The molecule has 1 aromatic heterocycles. The van der Waals surface area contributed by atoms with Crippen LogP contribution in [0, 0.1) is 24.2 Å². The molecule has 0 aliphatic heterocycles. The predicted octanol–water partition coefficient (Wildman–Crippen LogP) is 9.21. The zero-order valence-electron chi connectivity index (χ0n) is 22.3. The molecular formula is C34H35ClO2. The minimum absolute atomic E-state index is 0.0422. The van der Waals surface area contributed by atoms with Crippen LogP contribution in [0.2, 0.25) is 5.02 Å². The summed E-state index contributed by atoms with van der Waals surface area (Å²) in [5, 5.41) is 1.16. The van der Waals surface area contributed by atoms with Gasteiger partial charge in [0.25, 0.3) is 0 Å². The molecule has 0 saturated heterocycles. The Bertz CT molecular complexity index is 1510. The van der Waals surface area contributed by atoms with Crippen molar-refractivity contribution in [1.82, 2.24) is 0 Å². The molecule has 2 unspecified atom stereocenters. The number of hydrogen-bond donors (Lipinski definition) is 0. The molecule has 190 valence electrons. The smallest absolute Gasteiger partial charge is 0.196 e. The Hall–Kier alpha value is -3.10. The van der Waals surface area contributed by atoms with E-state index in [1.54, 1.807) is 18.2 Å². The molecule has 4 aromatic rings. The molecule has 3 aromatic carbocycles. The third-order valence-electron chi connectivity index (χ3n) is 7.73. The monoisotopic (exact) mass is 510 g/mol. The van der Waals surface area contributed by atoms with Crippen LogP contribution in [0.4, 0.5) is 0 Å². The van der Waals surface area contributed by atoms with Crippen molar-refractivity contribution in [3.63, 3.8) is 0 Å². The summed E-state index contributed by atoms with van der Waals surface area (Å²) < 4.78 is 6.72. The van der Waals surface area contributed by atoms with Gasteiger partial charge in [0.05, 0.1) is 5.39 Å². The van der Waals surface area contributed by atoms with E-state index in [1.807, 2.05) is 18.2 Å². The van der Waals surface area contributed by atoms with Gasteiger partial charge < -0.3 is 4.42 Å². The van der Waals surface area contributed by atoms with Crippen molar-refractivity contribution in [3.8, 4) is 0 Å². The highest BCUT2D eigenvalue weighted by Gasteiger charge is 2.41. The van der Waals surface area contributed by atoms with E-state index < -0.39 is 0 Å². The molecule has 1 aliphatic carbocycles. The van der Waals surface area contributed by atoms with Crippen LogP contribution >= 0.6 is 11.6 Å². The van der Waals surface area contributed by atoms with Crippen molar-refractivity contribution in [1.29, 1.82) is 0 Å². The van der Waals surface area contributed by atoms with Crippen LogP contribution in [0.3, 0.4) is 0 Å². The van der Waals surface area contributed by atoms with Crippen LogP contribution in [0.1, 0.15) is 68.0 Å². The van der Waals surface area contributed by atoms with Crippen molar-refractivity contribution < 1.29 is 4.42 Å². The molecule has 0 amide bonds. The quantitative estimate of drug-likeness (QED) is 0.259. The average Bonchev–Trinajstić information content (AvgIpc) is 3.17. The van der Waals surface area contributed by atoms with Gasteiger partial charge in [0.1, 0.15) is 11.3 Å². The molecule has 1 aliphatic rings. The van der Waals surface area contributed by atoms with E-state index >= 15 is 0 Å². The molecule has 2 atom stereocenters. The summed E-state index contributed by atoms with van der Waals surface area (Å²) in [5.41, 5.74) is 6.37. The fourth-order valence-corrected chi connectivity index (χ4v) is 6.20. The second kappa shape index (κ2) is 9.99. The third kappa shape index (κ3) is 5.18. The van der Waals surface area contributed by atoms with Crippen molar-refractivity contribution >= 4 is 28.1 Å². The van der Waals surface area contributed by atoms with E-state index in [4.69, 9.17) is 16.0 Å². The van der Waals surface area contributed by atoms with Gasteiger partial charge >= 0.3 is 0 Å². The second-order valence-electron chi connectivity index (χ2n) is 11.6. The lowest BCUT2D eigenvalue weighted by Gasteiger charge is -2.32. The SMILES string of the molecule is Cc1ccc(C2=CC(C)(C)CC2C(c2oc3cc(Cl)ccc3c(=O)c2Cc2ccccc2)C(C)C)cc1. The first-order valence-corrected chi connectivity index (χ1v) is 13.6. The molecule has 1 heterocycles. The fourth-order valence-electron chi connectivity index (χ4n) is 6.04. The van der Waals surface area contributed by atoms with Gasteiger partial charge in [-0.1, -0.05) is 106 Å². The lowest BCUT2D eigenvalue weighted by molar-refractivity contribution is 0.294. The van der Waals surface area contributed by atoms with E-state index in [2.05, 4.69) is 77.1 Å². The van der Waals surface area contributed by atoms with Gasteiger partial charge in [-0.25, -0.2) is 0 Å². The third-order valence-corrected chi connectivity index (χ3v) is 7.97. The highest BCUT2D eigenvalue weighted by atomic mass is 35.5. The van der Waals surface area contributed by atoms with Crippen molar-refractivity contribution in [2.24, 2.45) is 17.3 Å². The van der Waals surface area contributed by atoms with Gasteiger partial charge in [-0.2, -0.15) is 0 Å². The minimum Gasteiger partial charge on any atom is -0.460 e. The number of rotatable bonds is 6. The summed E-state index contributed by atoms with van der Waals surface area (Å²) in [6.45, 7) is 11.2. The Kier molecular flexibility index (Phi) is 6.89. The molecule has 0 bridgehead atoms. The maximum absolute atomic E-state index is 14.0. The van der Waals surface area contributed by atoms with Crippen molar-refractivity contribution in [2.45, 2.75) is 53.4 Å². The zero-order valence-corrected chi connectivity index (χ0v) is 23.1. The van der Waals surface area contributed by atoms with E-state index in [0.717, 1.165) is 23.3 Å². The number of halogens is 1. The number of hydrogen-bond acceptors (Lipinski definition) is 2. The van der Waals surface area contributed by atoms with Crippen molar-refractivity contribution in [3.05, 3.63) is 122 Å². The summed E-state index contributed by atoms with van der Waals surface area (Å²) in [6, 6.07) is 24.4. The first-order chi connectivity index (χ1) is 17.6. The zero-order chi connectivity index (χ0) is 26.3. The van der Waals surface area contributed by atoms with Crippen LogP contribution in [0.25, 0.3) is 16.5 Å². The lowest BCUT2D eigenvalue weighted by atomic mass is 9.73. The van der Waals surface area contributed by atoms with Crippen LogP contribution < -0.4 is 5.43 Å². The molecule has 3 heteroatoms. The standard InChI is InChI=1S/C34H35ClO2/c1-21(2)31(29-20-34(4,5)19-28(29)24-13-11-22(3)12-14-24)33-27(17-23-9-7-6-8-10-23)32(36)26-16-15-25(35)18-30(26)37-33/h6-16,18-19,21,29,31H,17,20H2,1-5H3. The van der Waals surface area contributed by atoms with E-state index in [1.165, 1.54) is 16.7 Å². The van der Waals surface area contributed by atoms with E-state index in [9.17, 15) is 4.79 Å². The van der Waals surface area contributed by atoms with Crippen molar-refractivity contribution in [2.75, 3.05) is 0 Å². The number of fused-ring (bicyclic) bond motifs is 1. The van der Waals surface area contributed by atoms with Gasteiger partial charge in [0, 0.05) is 29.0 Å². The summed E-state index contributed by atoms with van der Waals surface area (Å²) in [5.74, 6) is 1.34. The Morgan fingerprint density at radius 3 is 2.38 bits per heavy atom. The Morgan fingerprint density at radius 1 is 1.00 bits per heavy atom. The molecule has 2 nitrogen and oxygen atoms in total. The Labute approximate surface area is 225 Å². The first kappa shape index (κ1) is 25.5. The minimum atomic E-state index is 0.0422. The Balaban J connectivity index is 1.72. The molecule has 0 fully saturated rings. The summed E-state index contributed by atoms with van der Waals surface area (Å²) >= 11 is 6.34. The van der Waals surface area contributed by atoms with Gasteiger partial charge in [-0.3, -0.25) is 4.79 Å². The normalized spacial score (nSPS) is 17.8. The molecule has 5 rings (SSSR count). The molecule has 0 saturated carbocycles. The van der Waals surface area contributed by atoms with E-state index in [0.29, 0.717) is 22.4 Å². The van der Waals surface area contributed by atoms with Crippen LogP contribution in [-0.2, 0) is 6.42 Å². The molecule has 37 heavy (non-hydrogen) atoms. The molecule has 0 spiro atoms. The largest absolute Gasteiger partial charge is 0.460 e. The maximum atomic E-state index is 14.0.